The SMILES string of the molecule is CCN(CC)CCOC(=O)c1ccc(N=Nc2ccc(O)cc2O)cc1. The van der Waals surface area contributed by atoms with Gasteiger partial charge in [-0.15, -0.1) is 5.11 Å². The Morgan fingerprint density at radius 3 is 2.35 bits per heavy atom. The number of carbonyl (C=O) groups is 1. The zero-order chi connectivity index (χ0) is 18.9. The predicted molar refractivity (Wildman–Crippen MR) is 98.5 cm³/mol. The van der Waals surface area contributed by atoms with Gasteiger partial charge in [0.1, 0.15) is 23.8 Å². The molecule has 0 saturated heterocycles. The largest absolute Gasteiger partial charge is 0.508 e. The second-order valence-corrected chi connectivity index (χ2v) is 5.58. The van der Waals surface area contributed by atoms with Crippen molar-refractivity contribution in [1.29, 1.82) is 0 Å². The minimum Gasteiger partial charge on any atom is -0.508 e. The lowest BCUT2D eigenvalue weighted by atomic mass is 10.2. The van der Waals surface area contributed by atoms with Gasteiger partial charge in [-0.25, -0.2) is 4.79 Å². The molecule has 0 amide bonds. The number of benzene rings is 2. The number of likely N-dealkylation sites (N-methyl/N-ethyl adjacent to an activating group) is 1. The fraction of sp³-hybridized carbons (Fsp3) is 0.316. The van der Waals surface area contributed by atoms with Crippen LogP contribution in [0.5, 0.6) is 11.5 Å². The van der Waals surface area contributed by atoms with E-state index in [2.05, 4.69) is 29.0 Å². The van der Waals surface area contributed by atoms with Crippen LogP contribution in [0.4, 0.5) is 11.4 Å². The molecule has 2 aromatic carbocycles. The first kappa shape index (κ1) is 19.4. The first-order valence-corrected chi connectivity index (χ1v) is 8.46. The molecule has 7 heteroatoms. The number of phenolic OH excluding ortho intramolecular Hbond substituents is 2. The summed E-state index contributed by atoms with van der Waals surface area (Å²) in [5.74, 6) is -0.593. The minimum atomic E-state index is -0.378. The first-order chi connectivity index (χ1) is 12.5. The third-order valence-electron chi connectivity index (χ3n) is 3.87. The number of carbonyl (C=O) groups excluding carboxylic acids is 1. The van der Waals surface area contributed by atoms with Gasteiger partial charge in [0.2, 0.25) is 0 Å². The van der Waals surface area contributed by atoms with Crippen molar-refractivity contribution in [3.05, 3.63) is 48.0 Å². The fourth-order valence-corrected chi connectivity index (χ4v) is 2.26. The summed E-state index contributed by atoms with van der Waals surface area (Å²) in [6.07, 6.45) is 0. The second kappa shape index (κ2) is 9.53. The summed E-state index contributed by atoms with van der Waals surface area (Å²) < 4.78 is 5.27. The maximum absolute atomic E-state index is 12.0. The monoisotopic (exact) mass is 357 g/mol. The topological polar surface area (TPSA) is 94.7 Å². The van der Waals surface area contributed by atoms with E-state index in [9.17, 15) is 15.0 Å². The summed E-state index contributed by atoms with van der Waals surface area (Å²) in [6, 6.07) is 10.6. The van der Waals surface area contributed by atoms with Gasteiger partial charge >= 0.3 is 5.97 Å². The van der Waals surface area contributed by atoms with Crippen molar-refractivity contribution in [3.63, 3.8) is 0 Å². The lowest BCUT2D eigenvalue weighted by molar-refractivity contribution is 0.0466. The summed E-state index contributed by atoms with van der Waals surface area (Å²) in [7, 11) is 0. The van der Waals surface area contributed by atoms with Crippen LogP contribution in [-0.4, -0.2) is 47.3 Å². The highest BCUT2D eigenvalue weighted by Gasteiger charge is 2.08. The van der Waals surface area contributed by atoms with E-state index < -0.39 is 0 Å². The third kappa shape index (κ3) is 5.56. The molecular formula is C19H23N3O4. The van der Waals surface area contributed by atoms with E-state index >= 15 is 0 Å². The molecule has 0 atom stereocenters. The van der Waals surface area contributed by atoms with Crippen molar-refractivity contribution in [2.24, 2.45) is 10.2 Å². The minimum absolute atomic E-state index is 0.0506. The van der Waals surface area contributed by atoms with Gasteiger partial charge in [0.05, 0.1) is 11.3 Å². The maximum Gasteiger partial charge on any atom is 0.338 e. The molecule has 0 unspecified atom stereocenters. The molecule has 0 fully saturated rings. The molecule has 7 nitrogen and oxygen atoms in total. The van der Waals surface area contributed by atoms with E-state index in [1.165, 1.54) is 18.2 Å². The number of azo groups is 1. The molecular weight excluding hydrogens is 334 g/mol. The highest BCUT2D eigenvalue weighted by atomic mass is 16.5. The fourth-order valence-electron chi connectivity index (χ4n) is 2.26. The van der Waals surface area contributed by atoms with Crippen LogP contribution in [0.1, 0.15) is 24.2 Å². The number of nitrogens with zero attached hydrogens (tertiary/aromatic N) is 3. The normalized spacial score (nSPS) is 11.2. The van der Waals surface area contributed by atoms with Crippen molar-refractivity contribution < 1.29 is 19.7 Å². The second-order valence-electron chi connectivity index (χ2n) is 5.58. The molecule has 0 aromatic heterocycles. The molecule has 2 aromatic rings. The van der Waals surface area contributed by atoms with Crippen LogP contribution in [0.2, 0.25) is 0 Å². The molecule has 0 heterocycles. The van der Waals surface area contributed by atoms with E-state index in [1.54, 1.807) is 24.3 Å². The van der Waals surface area contributed by atoms with Gasteiger partial charge in [0.15, 0.2) is 0 Å². The van der Waals surface area contributed by atoms with Gasteiger partial charge in [0, 0.05) is 12.6 Å². The van der Waals surface area contributed by atoms with Gasteiger partial charge in [-0.2, -0.15) is 5.11 Å². The number of rotatable bonds is 8. The van der Waals surface area contributed by atoms with Gasteiger partial charge in [-0.3, -0.25) is 0 Å². The molecule has 0 bridgehead atoms. The Morgan fingerprint density at radius 2 is 1.73 bits per heavy atom. The maximum atomic E-state index is 12.0. The van der Waals surface area contributed by atoms with Crippen LogP contribution in [0, 0.1) is 0 Å². The van der Waals surface area contributed by atoms with Gasteiger partial charge in [-0.05, 0) is 49.5 Å². The average molecular weight is 357 g/mol. The van der Waals surface area contributed by atoms with Gasteiger partial charge < -0.3 is 19.8 Å². The number of hydrogen-bond acceptors (Lipinski definition) is 7. The van der Waals surface area contributed by atoms with Crippen LogP contribution in [-0.2, 0) is 4.74 Å². The van der Waals surface area contributed by atoms with Crippen LogP contribution in [0.15, 0.2) is 52.7 Å². The molecule has 138 valence electrons. The summed E-state index contributed by atoms with van der Waals surface area (Å²) in [5, 5.41) is 26.8. The molecule has 2 N–H and O–H groups in total. The number of esters is 1. The zero-order valence-corrected chi connectivity index (χ0v) is 14.9. The quantitative estimate of drug-likeness (QED) is 0.550. The number of aromatic hydroxyl groups is 2. The molecule has 0 aliphatic carbocycles. The lowest BCUT2D eigenvalue weighted by Crippen LogP contribution is -2.27. The van der Waals surface area contributed by atoms with Crippen molar-refractivity contribution in [2.45, 2.75) is 13.8 Å². The smallest absolute Gasteiger partial charge is 0.338 e. The Kier molecular flexibility index (Phi) is 7.11. The van der Waals surface area contributed by atoms with Crippen LogP contribution in [0.25, 0.3) is 0 Å². The Morgan fingerprint density at radius 1 is 1.04 bits per heavy atom. The number of phenols is 2. The van der Waals surface area contributed by atoms with E-state index in [-0.39, 0.29) is 23.2 Å². The van der Waals surface area contributed by atoms with Gasteiger partial charge in [0.25, 0.3) is 0 Å². The summed E-state index contributed by atoms with van der Waals surface area (Å²) in [5.41, 5.74) is 1.20. The molecule has 2 rings (SSSR count). The van der Waals surface area contributed by atoms with E-state index in [1.807, 2.05) is 0 Å². The van der Waals surface area contributed by atoms with Crippen molar-refractivity contribution in [1.82, 2.24) is 4.90 Å². The van der Waals surface area contributed by atoms with Crippen molar-refractivity contribution in [3.8, 4) is 11.5 Å². The molecule has 0 aliphatic rings. The summed E-state index contributed by atoms with van der Waals surface area (Å²) in [4.78, 5) is 14.2. The molecule has 0 radical (unpaired) electrons. The summed E-state index contributed by atoms with van der Waals surface area (Å²) in [6.45, 7) is 7.03. The van der Waals surface area contributed by atoms with Crippen LogP contribution < -0.4 is 0 Å². The van der Waals surface area contributed by atoms with Crippen LogP contribution in [0.3, 0.4) is 0 Å². The standard InChI is InChI=1S/C19H23N3O4/c1-3-22(4-2)11-12-26-19(25)14-5-7-15(8-6-14)20-21-17-10-9-16(23)13-18(17)24/h5-10,13,23-24H,3-4,11-12H2,1-2H3. The number of hydrogen-bond donors (Lipinski definition) is 2. The van der Waals surface area contributed by atoms with E-state index in [0.717, 1.165) is 13.1 Å². The summed E-state index contributed by atoms with van der Waals surface area (Å²) >= 11 is 0. The highest BCUT2D eigenvalue weighted by Crippen LogP contribution is 2.31. The predicted octanol–water partition coefficient (Wildman–Crippen LogP) is 4.01. The van der Waals surface area contributed by atoms with Crippen molar-refractivity contribution >= 4 is 17.3 Å². The highest BCUT2D eigenvalue weighted by molar-refractivity contribution is 5.89. The number of ether oxygens (including phenoxy) is 1. The average Bonchev–Trinajstić information content (AvgIpc) is 2.65. The van der Waals surface area contributed by atoms with Gasteiger partial charge in [-0.1, -0.05) is 13.8 Å². The van der Waals surface area contributed by atoms with Crippen LogP contribution >= 0.6 is 0 Å². The molecule has 0 aliphatic heterocycles. The zero-order valence-electron chi connectivity index (χ0n) is 14.9. The Balaban J connectivity index is 1.93. The Bertz CT molecular complexity index is 756. The Labute approximate surface area is 152 Å². The molecule has 0 spiro atoms. The van der Waals surface area contributed by atoms with Crippen molar-refractivity contribution in [2.75, 3.05) is 26.2 Å². The Hall–Kier alpha value is -2.93. The lowest BCUT2D eigenvalue weighted by Gasteiger charge is -2.17. The molecule has 26 heavy (non-hydrogen) atoms. The molecule has 0 saturated carbocycles. The van der Waals surface area contributed by atoms with E-state index in [0.29, 0.717) is 24.4 Å². The van der Waals surface area contributed by atoms with E-state index in [4.69, 9.17) is 4.74 Å². The third-order valence-corrected chi connectivity index (χ3v) is 3.87. The first-order valence-electron chi connectivity index (χ1n) is 8.46.